The molecule has 2 aromatic carbocycles. The summed E-state index contributed by atoms with van der Waals surface area (Å²) in [7, 11) is 0. The number of ether oxygens (including phenoxy) is 1. The van der Waals surface area contributed by atoms with Crippen LogP contribution in [0.4, 0.5) is 0 Å². The highest BCUT2D eigenvalue weighted by Crippen LogP contribution is 2.32. The van der Waals surface area contributed by atoms with Crippen molar-refractivity contribution in [1.82, 2.24) is 10.4 Å². The van der Waals surface area contributed by atoms with Crippen LogP contribution in [0.1, 0.15) is 73.7 Å². The lowest BCUT2D eigenvalue weighted by molar-refractivity contribution is -0.138. The SMILES string of the molecule is CCC(N(NC(=O)c1ccc(Br)c(OC(C)=O)c1C)C(=O)Cc1cc(C)cc(C)c1)C(C)(C)C. The number of hydrogen-bond acceptors (Lipinski definition) is 4. The third-order valence-corrected chi connectivity index (χ3v) is 6.30. The van der Waals surface area contributed by atoms with Crippen molar-refractivity contribution < 1.29 is 19.1 Å². The fraction of sp³-hybridized carbons (Fsp3) is 0.444. The summed E-state index contributed by atoms with van der Waals surface area (Å²) in [5.74, 6) is -0.813. The average Bonchev–Trinajstić information content (AvgIpc) is 2.68. The molecule has 6 nitrogen and oxygen atoms in total. The molecule has 0 aliphatic rings. The predicted molar refractivity (Wildman–Crippen MR) is 138 cm³/mol. The largest absolute Gasteiger partial charge is 0.425 e. The summed E-state index contributed by atoms with van der Waals surface area (Å²) in [4.78, 5) is 38.4. The van der Waals surface area contributed by atoms with Crippen LogP contribution in [0, 0.1) is 26.2 Å². The molecule has 2 rings (SSSR count). The molecule has 0 bridgehead atoms. The second-order valence-corrected chi connectivity index (χ2v) is 10.7. The van der Waals surface area contributed by atoms with Crippen molar-refractivity contribution in [2.24, 2.45) is 5.41 Å². The van der Waals surface area contributed by atoms with Crippen LogP contribution in [0.2, 0.25) is 0 Å². The molecule has 0 aromatic heterocycles. The van der Waals surface area contributed by atoms with E-state index in [2.05, 4.69) is 27.4 Å². The van der Waals surface area contributed by atoms with Crippen molar-refractivity contribution in [2.75, 3.05) is 0 Å². The zero-order valence-corrected chi connectivity index (χ0v) is 22.9. The van der Waals surface area contributed by atoms with Crippen molar-refractivity contribution in [3.63, 3.8) is 0 Å². The van der Waals surface area contributed by atoms with Gasteiger partial charge in [-0.2, -0.15) is 0 Å². The molecule has 0 spiro atoms. The molecular weight excluding hydrogens is 496 g/mol. The molecule has 2 aromatic rings. The van der Waals surface area contributed by atoms with Crippen LogP contribution in [0.5, 0.6) is 5.75 Å². The molecule has 0 aliphatic carbocycles. The number of carbonyl (C=O) groups is 3. The molecular formula is C27H35BrN2O4. The Morgan fingerprint density at radius 2 is 1.65 bits per heavy atom. The molecule has 34 heavy (non-hydrogen) atoms. The molecule has 7 heteroatoms. The number of hydrazine groups is 1. The fourth-order valence-corrected chi connectivity index (χ4v) is 4.78. The molecule has 0 saturated carbocycles. The van der Waals surface area contributed by atoms with Gasteiger partial charge in [-0.25, -0.2) is 5.01 Å². The number of benzene rings is 2. The standard InChI is InChI=1S/C27H35BrN2O4/c1-9-23(27(6,7)8)30(24(32)15-20-13-16(2)12-17(3)14-20)29-26(33)21-10-11-22(28)25(18(21)4)34-19(5)31/h10-14,23H,9,15H2,1-8H3,(H,29,33). The van der Waals surface area contributed by atoms with Gasteiger partial charge < -0.3 is 4.74 Å². The Morgan fingerprint density at radius 1 is 1.06 bits per heavy atom. The number of aryl methyl sites for hydroxylation is 2. The van der Waals surface area contributed by atoms with Crippen molar-refractivity contribution in [2.45, 2.75) is 74.3 Å². The molecule has 0 heterocycles. The highest BCUT2D eigenvalue weighted by Gasteiger charge is 2.34. The summed E-state index contributed by atoms with van der Waals surface area (Å²) in [5.41, 5.74) is 6.52. The van der Waals surface area contributed by atoms with Crippen LogP contribution >= 0.6 is 15.9 Å². The van der Waals surface area contributed by atoms with Gasteiger partial charge in [0.2, 0.25) is 5.91 Å². The lowest BCUT2D eigenvalue weighted by Gasteiger charge is -2.39. The highest BCUT2D eigenvalue weighted by molar-refractivity contribution is 9.10. The quantitative estimate of drug-likeness (QED) is 0.289. The van der Waals surface area contributed by atoms with Crippen LogP contribution in [-0.4, -0.2) is 28.8 Å². The normalized spacial score (nSPS) is 12.1. The van der Waals surface area contributed by atoms with E-state index in [0.717, 1.165) is 16.7 Å². The topological polar surface area (TPSA) is 75.7 Å². The van der Waals surface area contributed by atoms with Gasteiger partial charge in [0.05, 0.1) is 16.9 Å². The lowest BCUT2D eigenvalue weighted by Crippen LogP contribution is -2.56. The molecule has 0 aliphatic heterocycles. The predicted octanol–water partition coefficient (Wildman–Crippen LogP) is 5.84. The van der Waals surface area contributed by atoms with Crippen molar-refractivity contribution in [1.29, 1.82) is 0 Å². The molecule has 184 valence electrons. The first-order valence-electron chi connectivity index (χ1n) is 11.4. The number of amides is 2. The molecule has 0 saturated heterocycles. The summed E-state index contributed by atoms with van der Waals surface area (Å²) < 4.78 is 5.87. The van der Waals surface area contributed by atoms with E-state index in [-0.39, 0.29) is 29.5 Å². The van der Waals surface area contributed by atoms with Gasteiger partial charge in [0.25, 0.3) is 5.91 Å². The van der Waals surface area contributed by atoms with Gasteiger partial charge in [-0.15, -0.1) is 0 Å². The summed E-state index contributed by atoms with van der Waals surface area (Å²) >= 11 is 3.37. The van der Waals surface area contributed by atoms with E-state index < -0.39 is 11.9 Å². The second kappa shape index (κ2) is 11.2. The number of rotatable bonds is 6. The zero-order chi connectivity index (χ0) is 25.8. The number of hydrogen-bond donors (Lipinski definition) is 1. The van der Waals surface area contributed by atoms with Gasteiger partial charge in [0, 0.05) is 18.1 Å². The highest BCUT2D eigenvalue weighted by atomic mass is 79.9. The first-order valence-corrected chi connectivity index (χ1v) is 12.2. The maximum atomic E-state index is 13.5. The Balaban J connectivity index is 2.43. The molecule has 1 N–H and O–H groups in total. The van der Waals surface area contributed by atoms with E-state index in [4.69, 9.17) is 4.74 Å². The first kappa shape index (κ1) is 27.6. The summed E-state index contributed by atoms with van der Waals surface area (Å²) in [5, 5.41) is 1.48. The third-order valence-electron chi connectivity index (χ3n) is 5.67. The third kappa shape index (κ3) is 6.92. The maximum Gasteiger partial charge on any atom is 0.308 e. The fourth-order valence-electron chi connectivity index (χ4n) is 4.27. The molecule has 2 amide bonds. The van der Waals surface area contributed by atoms with Crippen molar-refractivity contribution in [3.05, 3.63) is 62.6 Å². The molecule has 1 atom stereocenters. The van der Waals surface area contributed by atoms with Gasteiger partial charge in [0.15, 0.2) is 0 Å². The number of halogens is 1. The average molecular weight is 531 g/mol. The minimum Gasteiger partial charge on any atom is -0.425 e. The Labute approximate surface area is 211 Å². The van der Waals surface area contributed by atoms with Gasteiger partial charge >= 0.3 is 5.97 Å². The van der Waals surface area contributed by atoms with E-state index >= 15 is 0 Å². The van der Waals surface area contributed by atoms with Gasteiger partial charge in [0.1, 0.15) is 5.75 Å². The van der Waals surface area contributed by atoms with Crippen molar-refractivity contribution in [3.8, 4) is 5.75 Å². The van der Waals surface area contributed by atoms with Gasteiger partial charge in [-0.1, -0.05) is 57.0 Å². The Hall–Kier alpha value is -2.67. The molecule has 0 radical (unpaired) electrons. The van der Waals surface area contributed by atoms with E-state index in [1.54, 1.807) is 19.1 Å². The van der Waals surface area contributed by atoms with Gasteiger partial charge in [-0.05, 0) is 66.2 Å². The van der Waals surface area contributed by atoms with Crippen LogP contribution in [0.15, 0.2) is 34.8 Å². The van der Waals surface area contributed by atoms with E-state index in [1.807, 2.05) is 53.7 Å². The van der Waals surface area contributed by atoms with Crippen LogP contribution in [0.3, 0.4) is 0 Å². The minimum absolute atomic E-state index is 0.174. The Morgan fingerprint density at radius 3 is 2.15 bits per heavy atom. The van der Waals surface area contributed by atoms with E-state index in [1.165, 1.54) is 11.9 Å². The lowest BCUT2D eigenvalue weighted by atomic mass is 9.84. The Bertz CT molecular complexity index is 1070. The van der Waals surface area contributed by atoms with Crippen LogP contribution in [-0.2, 0) is 16.0 Å². The maximum absolute atomic E-state index is 13.5. The number of esters is 1. The smallest absolute Gasteiger partial charge is 0.308 e. The van der Waals surface area contributed by atoms with Crippen molar-refractivity contribution >= 4 is 33.7 Å². The van der Waals surface area contributed by atoms with Crippen LogP contribution in [0.25, 0.3) is 0 Å². The minimum atomic E-state index is -0.481. The molecule has 0 fully saturated rings. The monoisotopic (exact) mass is 530 g/mol. The van der Waals surface area contributed by atoms with E-state index in [0.29, 0.717) is 22.0 Å². The number of nitrogens with zero attached hydrogens (tertiary/aromatic N) is 1. The zero-order valence-electron chi connectivity index (χ0n) is 21.3. The first-order chi connectivity index (χ1) is 15.7. The summed E-state index contributed by atoms with van der Waals surface area (Å²) in [6.07, 6.45) is 0.841. The second-order valence-electron chi connectivity index (χ2n) is 9.81. The molecule has 1 unspecified atom stereocenters. The number of carbonyl (C=O) groups excluding carboxylic acids is 3. The summed E-state index contributed by atoms with van der Waals surface area (Å²) in [6.45, 7) is 15.2. The van der Waals surface area contributed by atoms with Gasteiger partial charge in [-0.3, -0.25) is 19.8 Å². The van der Waals surface area contributed by atoms with Crippen LogP contribution < -0.4 is 10.2 Å². The Kier molecular flexibility index (Phi) is 9.06. The number of nitrogens with one attached hydrogen (secondary N) is 1. The summed E-state index contributed by atoms with van der Waals surface area (Å²) in [6, 6.07) is 9.13. The van der Waals surface area contributed by atoms with E-state index in [9.17, 15) is 14.4 Å².